The van der Waals surface area contributed by atoms with Gasteiger partial charge >= 0.3 is 0 Å². The van der Waals surface area contributed by atoms with Crippen molar-refractivity contribution in [2.45, 2.75) is 18.1 Å². The number of aromatic nitrogens is 2. The number of rotatable bonds is 4. The number of aryl methyl sites for hydroxylation is 1. The Hall–Kier alpha value is -2.02. The van der Waals surface area contributed by atoms with E-state index in [1.54, 1.807) is 11.8 Å². The predicted molar refractivity (Wildman–Crippen MR) is 80.8 cm³/mol. The van der Waals surface area contributed by atoms with Gasteiger partial charge in [-0.15, -0.1) is 11.8 Å². The number of thioether (sulfide) groups is 1. The Balaban J connectivity index is 1.59. The van der Waals surface area contributed by atoms with Crippen molar-refractivity contribution in [1.29, 1.82) is 0 Å². The van der Waals surface area contributed by atoms with Gasteiger partial charge in [0.15, 0.2) is 0 Å². The average Bonchev–Trinajstić information content (AvgIpc) is 2.92. The maximum absolute atomic E-state index is 12.3. The molecule has 1 atom stereocenters. The molecule has 3 rings (SSSR count). The fourth-order valence-corrected chi connectivity index (χ4v) is 3.58. The fraction of sp³-hybridized carbons (Fsp3) is 0.357. The molecule has 3 N–H and O–H groups in total. The minimum Gasteiger partial charge on any atom is -0.365 e. The molecular weight excluding hydrogens is 288 g/mol. The Labute approximate surface area is 126 Å². The summed E-state index contributed by atoms with van der Waals surface area (Å²) in [7, 11) is 0. The molecule has 21 heavy (non-hydrogen) atoms. The Bertz CT molecular complexity index is 643. The van der Waals surface area contributed by atoms with Crippen molar-refractivity contribution < 1.29 is 9.32 Å². The number of carbonyl (C=O) groups excluding carboxylic acids is 1. The van der Waals surface area contributed by atoms with E-state index in [1.807, 2.05) is 18.2 Å². The smallest absolute Gasteiger partial charge is 0.260 e. The number of hydrogen-bond donors (Lipinski definition) is 2. The first kappa shape index (κ1) is 13.9. The Morgan fingerprint density at radius 3 is 3.14 bits per heavy atom. The van der Waals surface area contributed by atoms with Crippen molar-refractivity contribution in [1.82, 2.24) is 15.5 Å². The van der Waals surface area contributed by atoms with Gasteiger partial charge in [0.05, 0.1) is 0 Å². The summed E-state index contributed by atoms with van der Waals surface area (Å²) in [6.07, 6.45) is 1.50. The fourth-order valence-electron chi connectivity index (χ4n) is 2.37. The number of amides is 1. The van der Waals surface area contributed by atoms with Gasteiger partial charge in [-0.25, -0.2) is 0 Å². The molecule has 0 saturated heterocycles. The van der Waals surface area contributed by atoms with Crippen LogP contribution in [0.3, 0.4) is 0 Å². The van der Waals surface area contributed by atoms with Gasteiger partial charge in [0.25, 0.3) is 5.95 Å². The Morgan fingerprint density at radius 1 is 1.48 bits per heavy atom. The molecule has 0 bridgehead atoms. The van der Waals surface area contributed by atoms with Gasteiger partial charge in [-0.3, -0.25) is 4.79 Å². The van der Waals surface area contributed by atoms with Crippen LogP contribution in [-0.4, -0.2) is 28.3 Å². The molecule has 1 amide bonds. The molecule has 1 aliphatic rings. The monoisotopic (exact) mass is 304 g/mol. The summed E-state index contributed by atoms with van der Waals surface area (Å²) in [5, 5.41) is 6.30. The highest BCUT2D eigenvalue weighted by molar-refractivity contribution is 8.00. The zero-order chi connectivity index (χ0) is 14.7. The SMILES string of the molecule is Nc1noc(CCNC(=O)C2SCCc3ccccc32)n1. The Morgan fingerprint density at radius 2 is 2.33 bits per heavy atom. The highest BCUT2D eigenvalue weighted by atomic mass is 32.2. The third kappa shape index (κ3) is 3.18. The summed E-state index contributed by atoms with van der Waals surface area (Å²) < 4.78 is 4.91. The first-order valence-electron chi connectivity index (χ1n) is 6.79. The lowest BCUT2D eigenvalue weighted by Gasteiger charge is -2.24. The van der Waals surface area contributed by atoms with Crippen LogP contribution in [0.15, 0.2) is 28.8 Å². The number of anilines is 1. The van der Waals surface area contributed by atoms with Gasteiger partial charge in [-0.1, -0.05) is 24.3 Å². The second kappa shape index (κ2) is 6.17. The largest absolute Gasteiger partial charge is 0.365 e. The first-order valence-corrected chi connectivity index (χ1v) is 7.84. The third-order valence-corrected chi connectivity index (χ3v) is 4.59. The van der Waals surface area contributed by atoms with E-state index in [2.05, 4.69) is 21.5 Å². The van der Waals surface area contributed by atoms with Crippen LogP contribution in [0, 0.1) is 0 Å². The molecule has 1 aromatic carbocycles. The molecule has 1 aliphatic heterocycles. The summed E-state index contributed by atoms with van der Waals surface area (Å²) >= 11 is 1.68. The standard InChI is InChI=1S/C14H16N4O2S/c15-14-17-11(20-18-14)5-7-16-13(19)12-10-4-2-1-3-9(10)6-8-21-12/h1-4,12H,5-8H2,(H2,15,18)(H,16,19). The normalized spacial score (nSPS) is 17.2. The number of nitrogens with zero attached hydrogens (tertiary/aromatic N) is 2. The molecule has 0 radical (unpaired) electrons. The van der Waals surface area contributed by atoms with E-state index < -0.39 is 0 Å². The van der Waals surface area contributed by atoms with Crippen molar-refractivity contribution in [3.8, 4) is 0 Å². The lowest BCUT2D eigenvalue weighted by molar-refractivity contribution is -0.120. The van der Waals surface area contributed by atoms with Crippen molar-refractivity contribution in [3.05, 3.63) is 41.3 Å². The second-order valence-electron chi connectivity index (χ2n) is 4.79. The van der Waals surface area contributed by atoms with E-state index in [9.17, 15) is 4.79 Å². The minimum atomic E-state index is -0.136. The maximum Gasteiger partial charge on any atom is 0.260 e. The highest BCUT2D eigenvalue weighted by Gasteiger charge is 2.26. The average molecular weight is 304 g/mol. The van der Waals surface area contributed by atoms with Gasteiger partial charge in [0, 0.05) is 13.0 Å². The number of fused-ring (bicyclic) bond motifs is 1. The van der Waals surface area contributed by atoms with Gasteiger partial charge < -0.3 is 15.6 Å². The van der Waals surface area contributed by atoms with Crippen LogP contribution in [-0.2, 0) is 17.6 Å². The minimum absolute atomic E-state index is 0.0274. The summed E-state index contributed by atoms with van der Waals surface area (Å²) in [6, 6.07) is 8.12. The van der Waals surface area contributed by atoms with E-state index >= 15 is 0 Å². The van der Waals surface area contributed by atoms with Crippen LogP contribution < -0.4 is 11.1 Å². The third-order valence-electron chi connectivity index (χ3n) is 3.35. The second-order valence-corrected chi connectivity index (χ2v) is 6.00. The molecule has 1 aromatic heterocycles. The summed E-state index contributed by atoms with van der Waals surface area (Å²) in [4.78, 5) is 16.2. The summed E-state index contributed by atoms with van der Waals surface area (Å²) in [5.74, 6) is 1.55. The molecule has 1 unspecified atom stereocenters. The zero-order valence-electron chi connectivity index (χ0n) is 11.4. The van der Waals surface area contributed by atoms with Crippen molar-refractivity contribution >= 4 is 23.6 Å². The van der Waals surface area contributed by atoms with Crippen LogP contribution in [0.25, 0.3) is 0 Å². The molecule has 0 fully saturated rings. The molecule has 0 aliphatic carbocycles. The van der Waals surface area contributed by atoms with Crippen molar-refractivity contribution in [3.63, 3.8) is 0 Å². The number of nitrogen functional groups attached to an aromatic ring is 1. The quantitative estimate of drug-likeness (QED) is 0.885. The van der Waals surface area contributed by atoms with Crippen molar-refractivity contribution in [2.24, 2.45) is 0 Å². The summed E-state index contributed by atoms with van der Waals surface area (Å²) in [6.45, 7) is 0.458. The number of nitrogens with two attached hydrogens (primary N) is 1. The van der Waals surface area contributed by atoms with Crippen LogP contribution in [0.1, 0.15) is 22.3 Å². The zero-order valence-corrected chi connectivity index (χ0v) is 12.2. The number of nitrogens with one attached hydrogen (secondary N) is 1. The number of carbonyl (C=O) groups is 1. The van der Waals surface area contributed by atoms with Gasteiger partial charge in [-0.05, 0) is 28.5 Å². The van der Waals surface area contributed by atoms with E-state index in [4.69, 9.17) is 10.3 Å². The summed E-state index contributed by atoms with van der Waals surface area (Å²) in [5.41, 5.74) is 7.76. The molecule has 2 aromatic rings. The topological polar surface area (TPSA) is 94.0 Å². The lowest BCUT2D eigenvalue weighted by Crippen LogP contribution is -2.31. The van der Waals surface area contributed by atoms with Crippen LogP contribution in [0.5, 0.6) is 0 Å². The van der Waals surface area contributed by atoms with Gasteiger partial charge in [0.1, 0.15) is 5.25 Å². The number of benzene rings is 1. The molecule has 7 heteroatoms. The molecule has 6 nitrogen and oxygen atoms in total. The first-order chi connectivity index (χ1) is 10.2. The molecule has 110 valence electrons. The van der Waals surface area contributed by atoms with Gasteiger partial charge in [0.2, 0.25) is 11.8 Å². The van der Waals surface area contributed by atoms with Crippen LogP contribution >= 0.6 is 11.8 Å². The highest BCUT2D eigenvalue weighted by Crippen LogP contribution is 2.36. The number of hydrogen-bond acceptors (Lipinski definition) is 6. The van der Waals surface area contributed by atoms with Gasteiger partial charge in [-0.2, -0.15) is 4.98 Å². The molecular formula is C14H16N4O2S. The van der Waals surface area contributed by atoms with E-state index in [-0.39, 0.29) is 17.1 Å². The molecule has 0 spiro atoms. The van der Waals surface area contributed by atoms with E-state index in [0.717, 1.165) is 17.7 Å². The molecule has 0 saturated carbocycles. The van der Waals surface area contributed by atoms with Crippen LogP contribution in [0.4, 0.5) is 5.95 Å². The lowest BCUT2D eigenvalue weighted by atomic mass is 10.0. The Kier molecular flexibility index (Phi) is 4.10. The van der Waals surface area contributed by atoms with Crippen LogP contribution in [0.2, 0.25) is 0 Å². The van der Waals surface area contributed by atoms with E-state index in [1.165, 1.54) is 5.56 Å². The van der Waals surface area contributed by atoms with Crippen molar-refractivity contribution in [2.75, 3.05) is 18.0 Å². The predicted octanol–water partition coefficient (Wildman–Crippen LogP) is 1.34. The molecule has 2 heterocycles. The van der Waals surface area contributed by atoms with E-state index in [0.29, 0.717) is 18.9 Å². The maximum atomic E-state index is 12.3.